The van der Waals surface area contributed by atoms with Gasteiger partial charge in [0.25, 0.3) is 5.91 Å². The van der Waals surface area contributed by atoms with Crippen molar-refractivity contribution in [1.82, 2.24) is 30.5 Å². The van der Waals surface area contributed by atoms with Crippen LogP contribution in [0.3, 0.4) is 0 Å². The predicted octanol–water partition coefficient (Wildman–Crippen LogP) is -0.150. The van der Waals surface area contributed by atoms with E-state index in [1.165, 1.54) is 23.0 Å². The molecule has 0 saturated heterocycles. The molecular weight excluding hydrogens is 288 g/mol. The van der Waals surface area contributed by atoms with Gasteiger partial charge < -0.3 is 10.4 Å². The summed E-state index contributed by atoms with van der Waals surface area (Å²) in [6.45, 7) is 0.526. The molecule has 20 heavy (non-hydrogen) atoms. The average Bonchev–Trinajstić information content (AvgIpc) is 2.88. The molecule has 2 N–H and O–H groups in total. The summed E-state index contributed by atoms with van der Waals surface area (Å²) in [5, 5.41) is 25.7. The van der Waals surface area contributed by atoms with E-state index in [9.17, 15) is 9.59 Å². The Morgan fingerprint density at radius 3 is 2.65 bits per heavy atom. The van der Waals surface area contributed by atoms with Crippen LogP contribution in [0.4, 0.5) is 0 Å². The largest absolute Gasteiger partial charge is 0.476 e. The zero-order chi connectivity index (χ0) is 14.5. The maximum atomic E-state index is 11.7. The molecule has 0 saturated carbocycles. The van der Waals surface area contributed by atoms with E-state index in [1.807, 2.05) is 0 Å². The monoisotopic (exact) mass is 296 g/mol. The third-order valence-corrected chi connectivity index (χ3v) is 2.45. The standard InChI is InChI=1S/C10H9ClN6O3/c11-8-2-1-6(13-15-8)9(18)12-3-4-17-5-7(10(19)20)14-16-17/h1-2,5H,3-4H2,(H,12,18)(H,19,20). The fourth-order valence-electron chi connectivity index (χ4n) is 1.32. The van der Waals surface area contributed by atoms with Crippen molar-refractivity contribution < 1.29 is 14.7 Å². The Kier molecular flexibility index (Phi) is 4.20. The van der Waals surface area contributed by atoms with Crippen molar-refractivity contribution in [2.24, 2.45) is 0 Å². The third-order valence-electron chi connectivity index (χ3n) is 2.25. The van der Waals surface area contributed by atoms with Gasteiger partial charge in [0.15, 0.2) is 16.5 Å². The molecule has 1 amide bonds. The summed E-state index contributed by atoms with van der Waals surface area (Å²) < 4.78 is 1.32. The number of aromatic carboxylic acids is 1. The van der Waals surface area contributed by atoms with Crippen molar-refractivity contribution in [2.75, 3.05) is 6.54 Å². The average molecular weight is 297 g/mol. The summed E-state index contributed by atoms with van der Waals surface area (Å²) in [4.78, 5) is 22.3. The highest BCUT2D eigenvalue weighted by molar-refractivity contribution is 6.29. The van der Waals surface area contributed by atoms with Crippen LogP contribution in [-0.2, 0) is 6.54 Å². The quantitative estimate of drug-likeness (QED) is 0.786. The zero-order valence-corrected chi connectivity index (χ0v) is 10.8. The molecule has 0 aliphatic rings. The second-order valence-electron chi connectivity index (χ2n) is 3.67. The summed E-state index contributed by atoms with van der Waals surface area (Å²) in [5.74, 6) is -1.57. The highest BCUT2D eigenvalue weighted by Gasteiger charge is 2.09. The van der Waals surface area contributed by atoms with Gasteiger partial charge in [-0.2, -0.15) is 0 Å². The van der Waals surface area contributed by atoms with E-state index in [0.29, 0.717) is 0 Å². The van der Waals surface area contributed by atoms with Gasteiger partial charge in [0, 0.05) is 6.54 Å². The lowest BCUT2D eigenvalue weighted by Gasteiger charge is -2.03. The Bertz CT molecular complexity index is 626. The Hall–Kier alpha value is -2.55. The number of nitrogens with one attached hydrogen (secondary N) is 1. The number of halogens is 1. The van der Waals surface area contributed by atoms with Gasteiger partial charge in [-0.3, -0.25) is 4.79 Å². The number of hydrogen-bond acceptors (Lipinski definition) is 6. The zero-order valence-electron chi connectivity index (χ0n) is 10.0. The fourth-order valence-corrected chi connectivity index (χ4v) is 1.42. The molecule has 2 heterocycles. The summed E-state index contributed by atoms with van der Waals surface area (Å²) in [6, 6.07) is 2.91. The minimum absolute atomic E-state index is 0.138. The molecule has 0 fully saturated rings. The van der Waals surface area contributed by atoms with E-state index in [-0.39, 0.29) is 29.6 Å². The molecule has 0 atom stereocenters. The van der Waals surface area contributed by atoms with Crippen molar-refractivity contribution in [3.05, 3.63) is 34.9 Å². The van der Waals surface area contributed by atoms with Crippen LogP contribution in [-0.4, -0.2) is 48.7 Å². The van der Waals surface area contributed by atoms with Crippen LogP contribution < -0.4 is 5.32 Å². The molecule has 2 aromatic heterocycles. The molecule has 2 aromatic rings. The first-order valence-electron chi connectivity index (χ1n) is 5.47. The molecular formula is C10H9ClN6O3. The predicted molar refractivity (Wildman–Crippen MR) is 66.4 cm³/mol. The maximum absolute atomic E-state index is 11.7. The minimum Gasteiger partial charge on any atom is -0.476 e. The number of amides is 1. The van der Waals surface area contributed by atoms with Gasteiger partial charge >= 0.3 is 5.97 Å². The number of hydrogen-bond donors (Lipinski definition) is 2. The van der Waals surface area contributed by atoms with Crippen LogP contribution in [0.2, 0.25) is 5.15 Å². The fraction of sp³-hybridized carbons (Fsp3) is 0.200. The van der Waals surface area contributed by atoms with Crippen molar-refractivity contribution in [1.29, 1.82) is 0 Å². The van der Waals surface area contributed by atoms with Gasteiger partial charge in [-0.05, 0) is 12.1 Å². The first-order chi connectivity index (χ1) is 9.56. The molecule has 10 heteroatoms. The molecule has 104 valence electrons. The molecule has 0 aromatic carbocycles. The van der Waals surface area contributed by atoms with Gasteiger partial charge in [0.05, 0.1) is 12.7 Å². The van der Waals surface area contributed by atoms with Crippen molar-refractivity contribution in [3.63, 3.8) is 0 Å². The smallest absolute Gasteiger partial charge is 0.358 e. The number of nitrogens with zero attached hydrogens (tertiary/aromatic N) is 5. The van der Waals surface area contributed by atoms with Crippen LogP contribution >= 0.6 is 11.6 Å². The lowest BCUT2D eigenvalue weighted by atomic mass is 10.3. The van der Waals surface area contributed by atoms with Crippen LogP contribution in [0.25, 0.3) is 0 Å². The Morgan fingerprint density at radius 1 is 1.25 bits per heavy atom. The summed E-state index contributed by atoms with van der Waals surface area (Å²) in [7, 11) is 0. The van der Waals surface area contributed by atoms with Crippen molar-refractivity contribution in [2.45, 2.75) is 6.54 Å². The lowest BCUT2D eigenvalue weighted by Crippen LogP contribution is -2.28. The van der Waals surface area contributed by atoms with Crippen molar-refractivity contribution >= 4 is 23.5 Å². The van der Waals surface area contributed by atoms with Crippen LogP contribution in [0.5, 0.6) is 0 Å². The van der Waals surface area contributed by atoms with Crippen LogP contribution in [0, 0.1) is 0 Å². The topological polar surface area (TPSA) is 123 Å². The number of carboxylic acids is 1. The molecule has 0 spiro atoms. The van der Waals surface area contributed by atoms with Gasteiger partial charge in [0.1, 0.15) is 0 Å². The molecule has 0 aliphatic carbocycles. The molecule has 0 aliphatic heterocycles. The number of carboxylic acid groups (broad SMARTS) is 1. The van der Waals surface area contributed by atoms with E-state index < -0.39 is 11.9 Å². The second kappa shape index (κ2) is 6.06. The summed E-state index contributed by atoms with van der Waals surface area (Å²) >= 11 is 5.56. The minimum atomic E-state index is -1.16. The van der Waals surface area contributed by atoms with Gasteiger partial charge in [-0.25, -0.2) is 9.48 Å². The molecule has 0 bridgehead atoms. The summed E-state index contributed by atoms with van der Waals surface area (Å²) in [5.41, 5.74) is -0.0147. The number of carbonyl (C=O) groups excluding carboxylic acids is 1. The summed E-state index contributed by atoms with van der Waals surface area (Å²) in [6.07, 6.45) is 1.27. The van der Waals surface area contributed by atoms with Crippen LogP contribution in [0.1, 0.15) is 21.0 Å². The van der Waals surface area contributed by atoms with Crippen LogP contribution in [0.15, 0.2) is 18.3 Å². The van der Waals surface area contributed by atoms with E-state index in [1.54, 1.807) is 0 Å². The van der Waals surface area contributed by atoms with E-state index in [4.69, 9.17) is 16.7 Å². The van der Waals surface area contributed by atoms with Crippen molar-refractivity contribution in [3.8, 4) is 0 Å². The SMILES string of the molecule is O=C(O)c1cn(CCNC(=O)c2ccc(Cl)nn2)nn1. The third kappa shape index (κ3) is 3.48. The Labute approximate surface area is 117 Å². The van der Waals surface area contributed by atoms with E-state index in [0.717, 1.165) is 0 Å². The number of rotatable bonds is 5. The highest BCUT2D eigenvalue weighted by atomic mass is 35.5. The Balaban J connectivity index is 1.84. The number of aromatic nitrogens is 5. The van der Waals surface area contributed by atoms with Gasteiger partial charge in [-0.1, -0.05) is 16.8 Å². The first-order valence-corrected chi connectivity index (χ1v) is 5.85. The first kappa shape index (κ1) is 13.9. The highest BCUT2D eigenvalue weighted by Crippen LogP contribution is 2.01. The lowest BCUT2D eigenvalue weighted by molar-refractivity contribution is 0.0690. The van der Waals surface area contributed by atoms with E-state index >= 15 is 0 Å². The number of carbonyl (C=O) groups is 2. The molecule has 0 radical (unpaired) electrons. The van der Waals surface area contributed by atoms with Gasteiger partial charge in [0.2, 0.25) is 0 Å². The Morgan fingerprint density at radius 2 is 2.05 bits per heavy atom. The van der Waals surface area contributed by atoms with Gasteiger partial charge in [-0.15, -0.1) is 15.3 Å². The maximum Gasteiger partial charge on any atom is 0.358 e. The second-order valence-corrected chi connectivity index (χ2v) is 4.06. The normalized spacial score (nSPS) is 10.2. The molecule has 0 unspecified atom stereocenters. The molecule has 9 nitrogen and oxygen atoms in total. The van der Waals surface area contributed by atoms with E-state index in [2.05, 4.69) is 25.8 Å². The molecule has 2 rings (SSSR count).